The minimum Gasteiger partial charge on any atom is -0.439 e. The molecule has 2 aromatic carbocycles. The van der Waals surface area contributed by atoms with E-state index in [1.807, 2.05) is 31.2 Å². The Bertz CT molecular complexity index is 1110. The average molecular weight is 577 g/mol. The van der Waals surface area contributed by atoms with E-state index in [-0.39, 0.29) is 35.7 Å². The number of benzene rings is 2. The van der Waals surface area contributed by atoms with Crippen molar-refractivity contribution in [2.45, 2.75) is 20.0 Å². The highest BCUT2D eigenvalue weighted by atomic mass is 127. The van der Waals surface area contributed by atoms with E-state index in [1.54, 1.807) is 49.5 Å². The lowest BCUT2D eigenvalue weighted by atomic mass is 10.1. The van der Waals surface area contributed by atoms with Crippen LogP contribution in [0.4, 0.5) is 4.39 Å². The highest BCUT2D eigenvalue weighted by Crippen LogP contribution is 2.23. The molecule has 0 unspecified atom stereocenters. The van der Waals surface area contributed by atoms with Crippen LogP contribution in [0.5, 0.6) is 11.6 Å². The van der Waals surface area contributed by atoms with E-state index in [1.165, 1.54) is 12.1 Å². The number of guanidine groups is 1. The van der Waals surface area contributed by atoms with Crippen LogP contribution in [0, 0.1) is 5.82 Å². The van der Waals surface area contributed by atoms with Crippen LogP contribution in [-0.4, -0.2) is 42.4 Å². The highest BCUT2D eigenvalue weighted by Gasteiger charge is 2.09. The summed E-state index contributed by atoms with van der Waals surface area (Å²) in [4.78, 5) is 22.5. The molecular weight excluding hydrogens is 548 g/mol. The zero-order valence-electron chi connectivity index (χ0n) is 19.4. The fourth-order valence-corrected chi connectivity index (χ4v) is 2.99. The third kappa shape index (κ3) is 7.98. The predicted molar refractivity (Wildman–Crippen MR) is 142 cm³/mol. The molecule has 7 nitrogen and oxygen atoms in total. The Morgan fingerprint density at radius 1 is 1.09 bits per heavy atom. The summed E-state index contributed by atoms with van der Waals surface area (Å²) in [6, 6.07) is 17.1. The Hall–Kier alpha value is -3.21. The number of amides is 1. The number of nitrogens with one attached hydrogen (secondary N) is 2. The van der Waals surface area contributed by atoms with Gasteiger partial charge in [0.2, 0.25) is 5.88 Å². The summed E-state index contributed by atoms with van der Waals surface area (Å²) in [7, 11) is 3.46. The quantitative estimate of drug-likeness (QED) is 0.233. The third-order valence-corrected chi connectivity index (χ3v) is 4.68. The number of pyridine rings is 1. The monoisotopic (exact) mass is 577 g/mol. The van der Waals surface area contributed by atoms with E-state index in [9.17, 15) is 9.18 Å². The van der Waals surface area contributed by atoms with E-state index < -0.39 is 0 Å². The van der Waals surface area contributed by atoms with Gasteiger partial charge >= 0.3 is 0 Å². The van der Waals surface area contributed by atoms with Crippen LogP contribution >= 0.6 is 24.0 Å². The summed E-state index contributed by atoms with van der Waals surface area (Å²) in [6.07, 6.45) is 1.63. The Kier molecular flexibility index (Phi) is 10.7. The summed E-state index contributed by atoms with van der Waals surface area (Å²) in [5.41, 5.74) is 2.43. The summed E-state index contributed by atoms with van der Waals surface area (Å²) in [5.74, 6) is 1.00. The van der Waals surface area contributed by atoms with Crippen molar-refractivity contribution in [1.29, 1.82) is 0 Å². The number of nitrogens with zero attached hydrogens (tertiary/aromatic N) is 3. The first-order valence-electron chi connectivity index (χ1n) is 10.7. The predicted octanol–water partition coefficient (Wildman–Crippen LogP) is 4.59. The molecule has 3 rings (SSSR count). The van der Waals surface area contributed by atoms with Crippen LogP contribution in [0.15, 0.2) is 71.9 Å². The molecule has 0 spiro atoms. The van der Waals surface area contributed by atoms with E-state index in [0.717, 1.165) is 11.1 Å². The molecule has 0 aliphatic heterocycles. The second-order valence-corrected chi connectivity index (χ2v) is 7.47. The van der Waals surface area contributed by atoms with Gasteiger partial charge in [0.15, 0.2) is 5.96 Å². The van der Waals surface area contributed by atoms with Gasteiger partial charge in [-0.3, -0.25) is 4.79 Å². The summed E-state index contributed by atoms with van der Waals surface area (Å²) < 4.78 is 19.3. The molecule has 1 aromatic heterocycles. The number of aromatic nitrogens is 1. The zero-order chi connectivity index (χ0) is 23.6. The first kappa shape index (κ1) is 27.0. The fraction of sp³-hybridized carbons (Fsp3) is 0.240. The van der Waals surface area contributed by atoms with Gasteiger partial charge in [0, 0.05) is 50.6 Å². The van der Waals surface area contributed by atoms with E-state index in [4.69, 9.17) is 4.74 Å². The Labute approximate surface area is 216 Å². The second kappa shape index (κ2) is 13.5. The number of ether oxygens (including phenoxy) is 1. The van der Waals surface area contributed by atoms with Crippen molar-refractivity contribution in [2.24, 2.45) is 4.99 Å². The number of carbonyl (C=O) groups is 1. The van der Waals surface area contributed by atoms with Crippen LogP contribution in [0.2, 0.25) is 0 Å². The summed E-state index contributed by atoms with van der Waals surface area (Å²) in [5, 5.41) is 6.48. The summed E-state index contributed by atoms with van der Waals surface area (Å²) in [6.45, 7) is 3.55. The lowest BCUT2D eigenvalue weighted by molar-refractivity contribution is 0.0827. The van der Waals surface area contributed by atoms with Crippen molar-refractivity contribution in [3.05, 3.63) is 89.4 Å². The van der Waals surface area contributed by atoms with E-state index >= 15 is 0 Å². The van der Waals surface area contributed by atoms with Gasteiger partial charge in [-0.15, -0.1) is 24.0 Å². The number of hydrogen-bond acceptors (Lipinski definition) is 4. The fourth-order valence-electron chi connectivity index (χ4n) is 2.99. The average Bonchev–Trinajstić information content (AvgIpc) is 2.81. The number of aliphatic imine (C=N–C) groups is 1. The van der Waals surface area contributed by atoms with Crippen molar-refractivity contribution in [3.63, 3.8) is 0 Å². The standard InChI is InChI=1S/C25H28FN5O2.HI/c1-4-27-25(29-16-18-10-12-19(13-11-18)24(32)31(2)3)30-17-20-7-6-14-28-23(20)33-22-9-5-8-21(26)15-22;/h5-15H,4,16-17H2,1-3H3,(H2,27,29,30);1H. The normalized spacial score (nSPS) is 10.8. The SMILES string of the molecule is CCNC(=NCc1ccc(C(=O)N(C)C)cc1)NCc1cccnc1Oc1cccc(F)c1.I. The largest absolute Gasteiger partial charge is 0.439 e. The van der Waals surface area contributed by atoms with Crippen LogP contribution in [0.25, 0.3) is 0 Å². The lowest BCUT2D eigenvalue weighted by Crippen LogP contribution is -2.36. The molecule has 0 aliphatic rings. The van der Waals surface area contributed by atoms with Gasteiger partial charge in [0.05, 0.1) is 6.54 Å². The Balaban J connectivity index is 0.00000408. The molecule has 0 saturated heterocycles. The molecule has 1 heterocycles. The van der Waals surface area contributed by atoms with Crippen molar-refractivity contribution in [1.82, 2.24) is 20.5 Å². The van der Waals surface area contributed by atoms with Crippen LogP contribution in [0.1, 0.15) is 28.4 Å². The van der Waals surface area contributed by atoms with Crippen molar-refractivity contribution in [2.75, 3.05) is 20.6 Å². The van der Waals surface area contributed by atoms with Gasteiger partial charge in [-0.1, -0.05) is 24.3 Å². The molecule has 3 aromatic rings. The van der Waals surface area contributed by atoms with Crippen molar-refractivity contribution in [3.8, 4) is 11.6 Å². The minimum absolute atomic E-state index is 0. The molecule has 0 aliphatic carbocycles. The highest BCUT2D eigenvalue weighted by molar-refractivity contribution is 14.0. The van der Waals surface area contributed by atoms with Gasteiger partial charge in [-0.25, -0.2) is 14.4 Å². The van der Waals surface area contributed by atoms with Gasteiger partial charge < -0.3 is 20.3 Å². The molecule has 180 valence electrons. The molecule has 9 heteroatoms. The number of carbonyl (C=O) groups excluding carboxylic acids is 1. The van der Waals surface area contributed by atoms with E-state index in [0.29, 0.717) is 42.8 Å². The van der Waals surface area contributed by atoms with Gasteiger partial charge in [-0.2, -0.15) is 0 Å². The zero-order valence-corrected chi connectivity index (χ0v) is 21.7. The second-order valence-electron chi connectivity index (χ2n) is 7.47. The Morgan fingerprint density at radius 3 is 2.53 bits per heavy atom. The van der Waals surface area contributed by atoms with Gasteiger partial charge in [0.25, 0.3) is 5.91 Å². The molecule has 1 amide bonds. The Morgan fingerprint density at radius 2 is 1.85 bits per heavy atom. The van der Waals surface area contributed by atoms with E-state index in [2.05, 4.69) is 20.6 Å². The van der Waals surface area contributed by atoms with Crippen molar-refractivity contribution >= 4 is 35.8 Å². The number of hydrogen-bond donors (Lipinski definition) is 2. The summed E-state index contributed by atoms with van der Waals surface area (Å²) >= 11 is 0. The van der Waals surface area contributed by atoms with Crippen LogP contribution in [0.3, 0.4) is 0 Å². The topological polar surface area (TPSA) is 78.9 Å². The third-order valence-electron chi connectivity index (χ3n) is 4.68. The molecule has 34 heavy (non-hydrogen) atoms. The van der Waals surface area contributed by atoms with Gasteiger partial charge in [-0.05, 0) is 42.8 Å². The van der Waals surface area contributed by atoms with Crippen LogP contribution < -0.4 is 15.4 Å². The molecule has 0 atom stereocenters. The van der Waals surface area contributed by atoms with Crippen LogP contribution in [-0.2, 0) is 13.1 Å². The molecule has 0 fully saturated rings. The maximum atomic E-state index is 13.5. The minimum atomic E-state index is -0.371. The molecule has 2 N–H and O–H groups in total. The smallest absolute Gasteiger partial charge is 0.253 e. The first-order valence-corrected chi connectivity index (χ1v) is 10.7. The van der Waals surface area contributed by atoms with Gasteiger partial charge in [0.1, 0.15) is 11.6 Å². The maximum absolute atomic E-state index is 13.5. The van der Waals surface area contributed by atoms with Crippen molar-refractivity contribution < 1.29 is 13.9 Å². The number of rotatable bonds is 8. The molecule has 0 saturated carbocycles. The molecule has 0 radical (unpaired) electrons. The number of halogens is 2. The lowest BCUT2D eigenvalue weighted by Gasteiger charge is -2.14. The first-order chi connectivity index (χ1) is 16.0. The molecular formula is C25H29FIN5O2. The molecule has 0 bridgehead atoms. The maximum Gasteiger partial charge on any atom is 0.253 e.